The van der Waals surface area contributed by atoms with E-state index >= 15 is 0 Å². The van der Waals surface area contributed by atoms with Gasteiger partial charge in [-0.2, -0.15) is 0 Å². The van der Waals surface area contributed by atoms with Gasteiger partial charge in [0.15, 0.2) is 0 Å². The molecule has 19 heavy (non-hydrogen) atoms. The fraction of sp³-hybridized carbons (Fsp3) is 0.533. The van der Waals surface area contributed by atoms with Gasteiger partial charge < -0.3 is 34.6 Å². The van der Waals surface area contributed by atoms with Crippen molar-refractivity contribution in [2.45, 2.75) is 27.7 Å². The third-order valence-corrected chi connectivity index (χ3v) is 3.55. The molecule has 0 bridgehead atoms. The third kappa shape index (κ3) is 7.45. The molecular formula is C15H26N2S2. The van der Waals surface area contributed by atoms with Crippen LogP contribution < -0.4 is 9.80 Å². The number of thiocarbonyl (C=S) groups is 1. The molecule has 0 amide bonds. The molecule has 0 unspecified atom stereocenters. The van der Waals surface area contributed by atoms with Crippen LogP contribution in [0.1, 0.15) is 27.7 Å². The van der Waals surface area contributed by atoms with Crippen molar-refractivity contribution in [3.8, 4) is 0 Å². The van der Waals surface area contributed by atoms with Gasteiger partial charge in [-0.3, -0.25) is 0 Å². The Kier molecular flexibility index (Phi) is 10.7. The highest BCUT2D eigenvalue weighted by Crippen LogP contribution is 2.12. The number of nitrogens with zero attached hydrogens (tertiary/aromatic N) is 1. The molecule has 108 valence electrons. The van der Waals surface area contributed by atoms with Gasteiger partial charge in [-0.15, -0.1) is 0 Å². The van der Waals surface area contributed by atoms with Crippen LogP contribution in [0.15, 0.2) is 30.3 Å². The molecule has 1 rings (SSSR count). The van der Waals surface area contributed by atoms with Crippen molar-refractivity contribution >= 4 is 34.9 Å². The molecule has 1 aromatic carbocycles. The zero-order valence-corrected chi connectivity index (χ0v) is 14.1. The molecular weight excluding hydrogens is 272 g/mol. The number of para-hydroxylation sites is 1. The average molecular weight is 299 g/mol. The van der Waals surface area contributed by atoms with Crippen LogP contribution in [0, 0.1) is 0 Å². The first-order valence-corrected chi connectivity index (χ1v) is 7.79. The van der Waals surface area contributed by atoms with Crippen molar-refractivity contribution in [2.75, 3.05) is 31.1 Å². The number of hydrogen-bond acceptors (Lipinski definition) is 2. The van der Waals surface area contributed by atoms with Crippen molar-refractivity contribution in [2.24, 2.45) is 0 Å². The van der Waals surface area contributed by atoms with E-state index in [0.717, 1.165) is 12.2 Å². The van der Waals surface area contributed by atoms with Gasteiger partial charge in [-0.25, -0.2) is 0 Å². The molecule has 0 spiro atoms. The zero-order chi connectivity index (χ0) is 14.7. The lowest BCUT2D eigenvalue weighted by Gasteiger charge is -2.26. The summed E-state index contributed by atoms with van der Waals surface area (Å²) < 4.78 is 0.503. The van der Waals surface area contributed by atoms with Crippen LogP contribution in [-0.4, -0.2) is 30.5 Å². The normalized spacial score (nSPS) is 9.74. The third-order valence-electron chi connectivity index (χ3n) is 3.10. The minimum absolute atomic E-state index is 0.503. The van der Waals surface area contributed by atoms with Crippen LogP contribution in [-0.2, 0) is 12.6 Å². The van der Waals surface area contributed by atoms with Crippen molar-refractivity contribution in [1.29, 1.82) is 0 Å². The largest absolute Gasteiger partial charge is 0.411 e. The maximum absolute atomic E-state index is 4.94. The van der Waals surface area contributed by atoms with Crippen molar-refractivity contribution in [3.63, 3.8) is 0 Å². The molecule has 0 fully saturated rings. The second-order valence-electron chi connectivity index (χ2n) is 4.16. The summed E-state index contributed by atoms with van der Waals surface area (Å²) in [6, 6.07) is 9.94. The summed E-state index contributed by atoms with van der Waals surface area (Å²) in [5.74, 6) is 0. The summed E-state index contributed by atoms with van der Waals surface area (Å²) in [4.78, 5) is 3.60. The predicted molar refractivity (Wildman–Crippen MR) is 92.0 cm³/mol. The molecule has 0 aliphatic carbocycles. The van der Waals surface area contributed by atoms with Gasteiger partial charge >= 0.3 is 0 Å². The Labute approximate surface area is 129 Å². The molecule has 0 radical (unpaired) electrons. The van der Waals surface area contributed by atoms with E-state index in [0.29, 0.717) is 4.32 Å². The maximum Gasteiger partial charge on any atom is 0.0742 e. The summed E-state index contributed by atoms with van der Waals surface area (Å²) in [5, 5.41) is 0. The highest BCUT2D eigenvalue weighted by Gasteiger charge is 1.98. The predicted octanol–water partition coefficient (Wildman–Crippen LogP) is 2.28. The molecule has 0 aromatic heterocycles. The Morgan fingerprint density at radius 3 is 1.79 bits per heavy atom. The van der Waals surface area contributed by atoms with E-state index in [2.05, 4.69) is 20.8 Å². The lowest BCUT2D eigenvalue weighted by Crippen LogP contribution is -3.11. The lowest BCUT2D eigenvalue weighted by atomic mass is 10.3. The van der Waals surface area contributed by atoms with Crippen LogP contribution in [0.5, 0.6) is 0 Å². The number of hydrogen-bond donors (Lipinski definition) is 1. The molecule has 4 heteroatoms. The molecule has 1 aromatic rings. The second kappa shape index (κ2) is 11.1. The molecule has 0 aliphatic heterocycles. The summed E-state index contributed by atoms with van der Waals surface area (Å²) in [6.45, 7) is 13.3. The first-order valence-electron chi connectivity index (χ1n) is 6.97. The number of anilines is 1. The fourth-order valence-corrected chi connectivity index (χ4v) is 2.24. The Morgan fingerprint density at radius 2 is 1.53 bits per heavy atom. The van der Waals surface area contributed by atoms with E-state index in [4.69, 9.17) is 24.8 Å². The van der Waals surface area contributed by atoms with Crippen molar-refractivity contribution < 1.29 is 4.90 Å². The summed E-state index contributed by atoms with van der Waals surface area (Å²) in [7, 11) is 0. The van der Waals surface area contributed by atoms with E-state index in [9.17, 15) is 0 Å². The van der Waals surface area contributed by atoms with Crippen LogP contribution in [0.3, 0.4) is 0 Å². The second-order valence-corrected chi connectivity index (χ2v) is 5.19. The van der Waals surface area contributed by atoms with Crippen LogP contribution in [0.4, 0.5) is 5.69 Å². The van der Waals surface area contributed by atoms with Gasteiger partial charge in [0.1, 0.15) is 0 Å². The SMILES string of the molecule is CCN(C(=S)[S-])c1ccccc1.CC[NH+](CC)CC. The number of nitrogens with one attached hydrogen (secondary N) is 1. The Balaban J connectivity index is 0.000000399. The van der Waals surface area contributed by atoms with Gasteiger partial charge in [0.05, 0.1) is 19.6 Å². The molecule has 2 nitrogen and oxygen atoms in total. The molecule has 0 aliphatic rings. The summed E-state index contributed by atoms with van der Waals surface area (Å²) >= 11 is 9.88. The van der Waals surface area contributed by atoms with Gasteiger partial charge in [-0.05, 0) is 39.8 Å². The minimum Gasteiger partial charge on any atom is -0.411 e. The standard InChI is InChI=1S/C9H11NS2.C6H15N/c1-2-10(9(11)12)8-6-4-3-5-7-8;1-4-7(5-2)6-3/h3-7H,2H2,1H3,(H,11,12);4-6H2,1-3H3. The molecule has 0 saturated carbocycles. The van der Waals surface area contributed by atoms with E-state index in [-0.39, 0.29) is 0 Å². The molecule has 0 atom stereocenters. The molecule has 1 N–H and O–H groups in total. The first kappa shape index (κ1) is 18.3. The van der Waals surface area contributed by atoms with Crippen molar-refractivity contribution in [3.05, 3.63) is 30.3 Å². The highest BCUT2D eigenvalue weighted by molar-refractivity contribution is 8.00. The van der Waals surface area contributed by atoms with Crippen LogP contribution in [0.2, 0.25) is 0 Å². The molecule has 0 saturated heterocycles. The van der Waals surface area contributed by atoms with E-state index < -0.39 is 0 Å². The fourth-order valence-electron chi connectivity index (χ4n) is 1.78. The topological polar surface area (TPSA) is 7.68 Å². The van der Waals surface area contributed by atoms with Gasteiger partial charge in [-0.1, -0.05) is 22.5 Å². The lowest BCUT2D eigenvalue weighted by molar-refractivity contribution is -0.894. The first-order chi connectivity index (χ1) is 9.10. The summed E-state index contributed by atoms with van der Waals surface area (Å²) in [5.41, 5.74) is 1.07. The van der Waals surface area contributed by atoms with E-state index in [1.807, 2.05) is 42.2 Å². The van der Waals surface area contributed by atoms with Gasteiger partial charge in [0, 0.05) is 12.2 Å². The van der Waals surface area contributed by atoms with E-state index in [1.54, 1.807) is 4.90 Å². The van der Waals surface area contributed by atoms with Gasteiger partial charge in [0.25, 0.3) is 0 Å². The molecule has 0 heterocycles. The minimum atomic E-state index is 0.503. The quantitative estimate of drug-likeness (QED) is 0.659. The monoisotopic (exact) mass is 298 g/mol. The van der Waals surface area contributed by atoms with Crippen molar-refractivity contribution in [1.82, 2.24) is 0 Å². The zero-order valence-electron chi connectivity index (χ0n) is 12.5. The number of rotatable bonds is 5. The highest BCUT2D eigenvalue weighted by atomic mass is 32.1. The van der Waals surface area contributed by atoms with Crippen LogP contribution >= 0.6 is 12.2 Å². The Morgan fingerprint density at radius 1 is 1.05 bits per heavy atom. The number of quaternary nitrogens is 1. The Bertz CT molecular complexity index is 332. The smallest absolute Gasteiger partial charge is 0.0742 e. The summed E-state index contributed by atoms with van der Waals surface area (Å²) in [6.07, 6.45) is 0. The maximum atomic E-state index is 4.94. The number of benzene rings is 1. The average Bonchev–Trinajstić information content (AvgIpc) is 2.43. The van der Waals surface area contributed by atoms with Crippen LogP contribution in [0.25, 0.3) is 0 Å². The van der Waals surface area contributed by atoms with E-state index in [1.165, 1.54) is 19.6 Å². The Hall–Kier alpha value is -0.710. The van der Waals surface area contributed by atoms with Gasteiger partial charge in [0.2, 0.25) is 0 Å².